The molecular formula is C8H6BrF2NO2. The zero-order valence-electron chi connectivity index (χ0n) is 6.91. The summed E-state index contributed by atoms with van der Waals surface area (Å²) in [6.45, 7) is -0.897. The van der Waals surface area contributed by atoms with Gasteiger partial charge >= 0.3 is 5.97 Å². The first-order valence-corrected chi connectivity index (χ1v) is 4.44. The van der Waals surface area contributed by atoms with Crippen molar-refractivity contribution < 1.29 is 18.3 Å². The molecule has 0 aliphatic carbocycles. The summed E-state index contributed by atoms with van der Waals surface area (Å²) in [6.07, 6.45) is 0.0710. The first-order valence-electron chi connectivity index (χ1n) is 3.65. The predicted octanol–water partition coefficient (Wildman–Crippen LogP) is 2.27. The molecule has 0 unspecified atom stereocenters. The molecule has 14 heavy (non-hydrogen) atoms. The van der Waals surface area contributed by atoms with Gasteiger partial charge in [0.1, 0.15) is 0 Å². The number of alkyl halides is 2. The van der Waals surface area contributed by atoms with Crippen LogP contribution in [0, 0.1) is 0 Å². The molecule has 0 N–H and O–H groups in total. The smallest absolute Gasteiger partial charge is 0.339 e. The standard InChI is InChI=1S/C8H6BrF2NO2/c9-6-1-5(2-12-3-6)8(13)14-4-7(10)11/h1-3,7H,4H2. The summed E-state index contributed by atoms with van der Waals surface area (Å²) in [7, 11) is 0. The van der Waals surface area contributed by atoms with E-state index in [1.54, 1.807) is 0 Å². The molecule has 0 saturated heterocycles. The van der Waals surface area contributed by atoms with Crippen LogP contribution in [0.25, 0.3) is 0 Å². The number of rotatable bonds is 3. The summed E-state index contributed by atoms with van der Waals surface area (Å²) in [4.78, 5) is 14.8. The summed E-state index contributed by atoms with van der Waals surface area (Å²) < 4.78 is 28.3. The topological polar surface area (TPSA) is 39.2 Å². The van der Waals surface area contributed by atoms with E-state index in [1.165, 1.54) is 18.5 Å². The van der Waals surface area contributed by atoms with Gasteiger partial charge < -0.3 is 4.74 Å². The molecule has 3 nitrogen and oxygen atoms in total. The molecule has 76 valence electrons. The number of hydrogen-bond donors (Lipinski definition) is 0. The Bertz CT molecular complexity index is 333. The number of aromatic nitrogens is 1. The Morgan fingerprint density at radius 2 is 2.29 bits per heavy atom. The second-order valence-electron chi connectivity index (χ2n) is 2.38. The zero-order chi connectivity index (χ0) is 10.6. The lowest BCUT2D eigenvalue weighted by molar-refractivity contribution is 0.0159. The molecule has 6 heteroatoms. The van der Waals surface area contributed by atoms with Crippen molar-refractivity contribution in [3.05, 3.63) is 28.5 Å². The van der Waals surface area contributed by atoms with Crippen LogP contribution in [0.4, 0.5) is 8.78 Å². The second-order valence-corrected chi connectivity index (χ2v) is 3.30. The molecule has 1 aromatic rings. The van der Waals surface area contributed by atoms with Crippen LogP contribution in [-0.4, -0.2) is 24.0 Å². The maximum Gasteiger partial charge on any atom is 0.339 e. The molecule has 0 aliphatic heterocycles. The van der Waals surface area contributed by atoms with Crippen molar-refractivity contribution in [2.75, 3.05) is 6.61 Å². The van der Waals surface area contributed by atoms with Gasteiger partial charge in [-0.1, -0.05) is 0 Å². The van der Waals surface area contributed by atoms with E-state index >= 15 is 0 Å². The van der Waals surface area contributed by atoms with Gasteiger partial charge in [0.15, 0.2) is 6.61 Å². The third-order valence-corrected chi connectivity index (χ3v) is 1.71. The highest BCUT2D eigenvalue weighted by atomic mass is 79.9. The molecule has 0 atom stereocenters. The molecule has 0 saturated carbocycles. The third kappa shape index (κ3) is 3.37. The van der Waals surface area contributed by atoms with Crippen LogP contribution in [-0.2, 0) is 4.74 Å². The third-order valence-electron chi connectivity index (χ3n) is 1.28. The molecule has 1 rings (SSSR count). The monoisotopic (exact) mass is 265 g/mol. The van der Waals surface area contributed by atoms with Crippen LogP contribution in [0.15, 0.2) is 22.9 Å². The molecule has 0 aromatic carbocycles. The van der Waals surface area contributed by atoms with Gasteiger partial charge in [0.05, 0.1) is 5.56 Å². The molecular weight excluding hydrogens is 260 g/mol. The fourth-order valence-electron chi connectivity index (χ4n) is 0.746. The van der Waals surface area contributed by atoms with Crippen LogP contribution in [0.5, 0.6) is 0 Å². The normalized spacial score (nSPS) is 10.3. The van der Waals surface area contributed by atoms with Crippen molar-refractivity contribution in [1.82, 2.24) is 4.98 Å². The highest BCUT2D eigenvalue weighted by molar-refractivity contribution is 9.10. The van der Waals surface area contributed by atoms with Crippen molar-refractivity contribution in [2.24, 2.45) is 0 Å². The molecule has 0 fully saturated rings. The van der Waals surface area contributed by atoms with Crippen LogP contribution in [0.2, 0.25) is 0 Å². The minimum atomic E-state index is -2.65. The van der Waals surface area contributed by atoms with Gasteiger partial charge in [-0.25, -0.2) is 13.6 Å². The summed E-state index contributed by atoms with van der Waals surface area (Å²) in [6, 6.07) is 1.45. The highest BCUT2D eigenvalue weighted by Crippen LogP contribution is 2.10. The van der Waals surface area contributed by atoms with E-state index in [1.807, 2.05) is 0 Å². The van der Waals surface area contributed by atoms with E-state index in [2.05, 4.69) is 25.7 Å². The lowest BCUT2D eigenvalue weighted by atomic mass is 10.3. The van der Waals surface area contributed by atoms with E-state index in [9.17, 15) is 13.6 Å². The molecule has 0 aliphatic rings. The number of nitrogens with zero attached hydrogens (tertiary/aromatic N) is 1. The van der Waals surface area contributed by atoms with Crippen LogP contribution in [0.3, 0.4) is 0 Å². The Balaban J connectivity index is 2.61. The maximum atomic E-state index is 11.7. The van der Waals surface area contributed by atoms with Crippen LogP contribution in [0.1, 0.15) is 10.4 Å². The predicted molar refractivity (Wildman–Crippen MR) is 48.2 cm³/mol. The Morgan fingerprint density at radius 1 is 1.57 bits per heavy atom. The number of esters is 1. The van der Waals surface area contributed by atoms with E-state index in [0.29, 0.717) is 4.47 Å². The fourth-order valence-corrected chi connectivity index (χ4v) is 1.11. The van der Waals surface area contributed by atoms with Crippen molar-refractivity contribution in [1.29, 1.82) is 0 Å². The van der Waals surface area contributed by atoms with Gasteiger partial charge in [-0.15, -0.1) is 0 Å². The first kappa shape index (κ1) is 11.0. The number of carbonyl (C=O) groups is 1. The van der Waals surface area contributed by atoms with Crippen LogP contribution >= 0.6 is 15.9 Å². The fraction of sp³-hybridized carbons (Fsp3) is 0.250. The summed E-state index contributed by atoms with van der Waals surface area (Å²) >= 11 is 3.09. The largest absolute Gasteiger partial charge is 0.456 e. The minimum Gasteiger partial charge on any atom is -0.456 e. The summed E-state index contributed by atoms with van der Waals surface area (Å²) in [5.41, 5.74) is 0.139. The maximum absolute atomic E-state index is 11.7. The first-order chi connectivity index (χ1) is 6.59. The Labute approximate surface area is 87.2 Å². The average molecular weight is 266 g/mol. The number of hydrogen-bond acceptors (Lipinski definition) is 3. The molecule has 0 radical (unpaired) electrons. The molecule has 1 heterocycles. The van der Waals surface area contributed by atoms with E-state index in [0.717, 1.165) is 0 Å². The van der Waals surface area contributed by atoms with Crippen molar-refractivity contribution in [3.63, 3.8) is 0 Å². The summed E-state index contributed by atoms with van der Waals surface area (Å²) in [5, 5.41) is 0. The van der Waals surface area contributed by atoms with Crippen molar-refractivity contribution in [2.45, 2.75) is 6.43 Å². The quantitative estimate of drug-likeness (QED) is 0.788. The number of ether oxygens (including phenoxy) is 1. The van der Waals surface area contributed by atoms with Gasteiger partial charge in [-0.2, -0.15) is 0 Å². The SMILES string of the molecule is O=C(OCC(F)F)c1cncc(Br)c1. The molecule has 0 bridgehead atoms. The van der Waals surface area contributed by atoms with Crippen molar-refractivity contribution >= 4 is 21.9 Å². The average Bonchev–Trinajstić information content (AvgIpc) is 2.14. The van der Waals surface area contributed by atoms with E-state index in [-0.39, 0.29) is 5.56 Å². The lowest BCUT2D eigenvalue weighted by Gasteiger charge is -2.03. The van der Waals surface area contributed by atoms with Crippen LogP contribution < -0.4 is 0 Å². The van der Waals surface area contributed by atoms with Gasteiger partial charge in [0, 0.05) is 16.9 Å². The number of carbonyl (C=O) groups excluding carboxylic acids is 1. The van der Waals surface area contributed by atoms with Gasteiger partial charge in [-0.3, -0.25) is 4.98 Å². The molecule has 0 amide bonds. The van der Waals surface area contributed by atoms with E-state index in [4.69, 9.17) is 0 Å². The van der Waals surface area contributed by atoms with Gasteiger partial charge in [0.25, 0.3) is 6.43 Å². The van der Waals surface area contributed by atoms with Gasteiger partial charge in [-0.05, 0) is 22.0 Å². The number of halogens is 3. The minimum absolute atomic E-state index is 0.139. The van der Waals surface area contributed by atoms with Crippen molar-refractivity contribution in [3.8, 4) is 0 Å². The van der Waals surface area contributed by atoms with Gasteiger partial charge in [0.2, 0.25) is 0 Å². The molecule has 0 spiro atoms. The zero-order valence-corrected chi connectivity index (χ0v) is 8.50. The Hall–Kier alpha value is -1.04. The number of pyridine rings is 1. The van der Waals surface area contributed by atoms with E-state index < -0.39 is 19.0 Å². The summed E-state index contributed by atoms with van der Waals surface area (Å²) in [5.74, 6) is -0.806. The Morgan fingerprint density at radius 3 is 2.86 bits per heavy atom. The Kier molecular flexibility index (Phi) is 3.94. The highest BCUT2D eigenvalue weighted by Gasteiger charge is 2.11. The lowest BCUT2D eigenvalue weighted by Crippen LogP contribution is -2.11. The second kappa shape index (κ2) is 4.99. The molecule has 1 aromatic heterocycles.